The minimum Gasteiger partial charge on any atom is -0.350 e. The van der Waals surface area contributed by atoms with Gasteiger partial charge in [-0.15, -0.1) is 0 Å². The summed E-state index contributed by atoms with van der Waals surface area (Å²) in [5, 5.41) is 5.75. The van der Waals surface area contributed by atoms with Gasteiger partial charge in [-0.1, -0.05) is 47.6 Å². The third-order valence-corrected chi connectivity index (χ3v) is 3.88. The maximum absolute atomic E-state index is 12.2. The molecule has 1 rings (SSSR count). The van der Waals surface area contributed by atoms with Crippen LogP contribution in [0.1, 0.15) is 52.1 Å². The molecule has 5 heteroatoms. The summed E-state index contributed by atoms with van der Waals surface area (Å²) in [4.78, 5) is 24.1. The van der Waals surface area contributed by atoms with Gasteiger partial charge in [-0.3, -0.25) is 9.59 Å². The van der Waals surface area contributed by atoms with E-state index in [4.69, 9.17) is 5.73 Å². The molecular weight excluding hydrogens is 326 g/mol. The molecule has 0 saturated carbocycles. The van der Waals surface area contributed by atoms with E-state index in [9.17, 15) is 9.59 Å². The molecule has 0 aromatic heterocycles. The van der Waals surface area contributed by atoms with Crippen LogP contribution in [0.5, 0.6) is 0 Å². The molecule has 26 heavy (non-hydrogen) atoms. The summed E-state index contributed by atoms with van der Waals surface area (Å²) in [5.41, 5.74) is 8.86. The zero-order valence-electron chi connectivity index (χ0n) is 16.2. The lowest BCUT2D eigenvalue weighted by Gasteiger charge is -2.20. The number of hydrogen-bond donors (Lipinski definition) is 3. The van der Waals surface area contributed by atoms with E-state index >= 15 is 0 Å². The summed E-state index contributed by atoms with van der Waals surface area (Å²) in [6.45, 7) is 8.01. The lowest BCUT2D eigenvalue weighted by molar-refractivity contribution is -0.123. The first-order valence-electron chi connectivity index (χ1n) is 8.99. The molecule has 0 radical (unpaired) electrons. The van der Waals surface area contributed by atoms with Crippen LogP contribution in [0.25, 0.3) is 0 Å². The zero-order chi connectivity index (χ0) is 19.5. The largest absolute Gasteiger partial charge is 0.350 e. The topological polar surface area (TPSA) is 84.2 Å². The molecule has 0 unspecified atom stereocenters. The molecule has 0 spiro atoms. The molecule has 4 N–H and O–H groups in total. The summed E-state index contributed by atoms with van der Waals surface area (Å²) in [7, 11) is 0. The Bertz CT molecular complexity index is 644. The fourth-order valence-electron chi connectivity index (χ4n) is 2.38. The van der Waals surface area contributed by atoms with Gasteiger partial charge in [0.25, 0.3) is 0 Å². The van der Waals surface area contributed by atoms with Crippen molar-refractivity contribution in [2.75, 3.05) is 6.54 Å². The maximum atomic E-state index is 12.2. The van der Waals surface area contributed by atoms with Gasteiger partial charge in [0.05, 0.1) is 12.1 Å². The molecule has 1 aromatic carbocycles. The molecule has 142 valence electrons. The standard InChI is InChI=1S/C21H31N3O2/c1-15(2)9-8-10-16(3)13-20(25)23-14-19(24-21(26)17(4)22)18-11-6-5-7-12-18/h5-7,9,11-13,17,19H,8,10,14,22H2,1-4H3,(H,23,25)(H,24,26)/b16-13+/t17-,19+/m0/s1. The highest BCUT2D eigenvalue weighted by Crippen LogP contribution is 2.12. The predicted octanol–water partition coefficient (Wildman–Crippen LogP) is 3.00. The summed E-state index contributed by atoms with van der Waals surface area (Å²) < 4.78 is 0. The molecule has 2 atom stereocenters. The van der Waals surface area contributed by atoms with Crippen molar-refractivity contribution in [3.05, 3.63) is 59.2 Å². The lowest BCUT2D eigenvalue weighted by atomic mass is 10.1. The number of nitrogens with two attached hydrogens (primary N) is 1. The molecule has 0 aliphatic rings. The number of rotatable bonds is 9. The normalized spacial score (nSPS) is 13.5. The molecule has 0 bridgehead atoms. The van der Waals surface area contributed by atoms with E-state index in [-0.39, 0.29) is 17.9 Å². The quantitative estimate of drug-likeness (QED) is 0.469. The average molecular weight is 357 g/mol. The Hall–Kier alpha value is -2.40. The highest BCUT2D eigenvalue weighted by molar-refractivity contribution is 5.88. The molecule has 0 heterocycles. The number of amides is 2. The van der Waals surface area contributed by atoms with E-state index in [1.54, 1.807) is 13.0 Å². The van der Waals surface area contributed by atoms with Gasteiger partial charge >= 0.3 is 0 Å². The Balaban J connectivity index is 2.66. The minimum atomic E-state index is -0.603. The highest BCUT2D eigenvalue weighted by Gasteiger charge is 2.17. The molecule has 0 fully saturated rings. The van der Waals surface area contributed by atoms with E-state index in [0.29, 0.717) is 6.54 Å². The van der Waals surface area contributed by atoms with E-state index in [1.807, 2.05) is 37.3 Å². The number of allylic oxidation sites excluding steroid dienone is 3. The number of hydrogen-bond acceptors (Lipinski definition) is 3. The number of nitrogens with one attached hydrogen (secondary N) is 2. The first kappa shape index (κ1) is 21.6. The van der Waals surface area contributed by atoms with Gasteiger partial charge in [0.2, 0.25) is 11.8 Å². The van der Waals surface area contributed by atoms with Crippen LogP contribution >= 0.6 is 0 Å². The van der Waals surface area contributed by atoms with E-state index < -0.39 is 6.04 Å². The van der Waals surface area contributed by atoms with Crippen LogP contribution in [0.15, 0.2) is 53.6 Å². The van der Waals surface area contributed by atoms with Crippen molar-refractivity contribution in [3.63, 3.8) is 0 Å². The Morgan fingerprint density at radius 1 is 1.15 bits per heavy atom. The van der Waals surface area contributed by atoms with Crippen molar-refractivity contribution in [2.24, 2.45) is 5.73 Å². The SMILES string of the molecule is CC(C)=CCC/C(C)=C/C(=O)NC[C@@H](NC(=O)[C@H](C)N)c1ccccc1. The smallest absolute Gasteiger partial charge is 0.244 e. The van der Waals surface area contributed by atoms with Crippen LogP contribution in [0.4, 0.5) is 0 Å². The highest BCUT2D eigenvalue weighted by atomic mass is 16.2. The van der Waals surface area contributed by atoms with Crippen LogP contribution < -0.4 is 16.4 Å². The summed E-state index contributed by atoms with van der Waals surface area (Å²) in [6, 6.07) is 8.61. The van der Waals surface area contributed by atoms with Crippen LogP contribution in [0.3, 0.4) is 0 Å². The second-order valence-electron chi connectivity index (χ2n) is 6.82. The van der Waals surface area contributed by atoms with Crippen molar-refractivity contribution >= 4 is 11.8 Å². The zero-order valence-corrected chi connectivity index (χ0v) is 16.2. The third-order valence-electron chi connectivity index (χ3n) is 3.88. The van der Waals surface area contributed by atoms with Crippen molar-refractivity contribution < 1.29 is 9.59 Å². The summed E-state index contributed by atoms with van der Waals surface area (Å²) in [5.74, 6) is -0.405. The average Bonchev–Trinajstić information content (AvgIpc) is 2.58. The van der Waals surface area contributed by atoms with Crippen molar-refractivity contribution in [3.8, 4) is 0 Å². The van der Waals surface area contributed by atoms with Crippen LogP contribution in [0.2, 0.25) is 0 Å². The third kappa shape index (κ3) is 8.62. The van der Waals surface area contributed by atoms with Gasteiger partial charge in [0, 0.05) is 12.6 Å². The number of benzene rings is 1. The molecule has 0 aliphatic carbocycles. The predicted molar refractivity (Wildman–Crippen MR) is 106 cm³/mol. The van der Waals surface area contributed by atoms with Gasteiger partial charge in [-0.25, -0.2) is 0 Å². The fraction of sp³-hybridized carbons (Fsp3) is 0.429. The van der Waals surface area contributed by atoms with Crippen molar-refractivity contribution in [1.82, 2.24) is 10.6 Å². The summed E-state index contributed by atoms with van der Waals surface area (Å²) >= 11 is 0. The molecule has 2 amide bonds. The van der Waals surface area contributed by atoms with Gasteiger partial charge in [0.15, 0.2) is 0 Å². The van der Waals surface area contributed by atoms with Gasteiger partial charge < -0.3 is 16.4 Å². The molecule has 1 aromatic rings. The molecule has 0 saturated heterocycles. The Kier molecular flexibility index (Phi) is 9.37. The maximum Gasteiger partial charge on any atom is 0.244 e. The fourth-order valence-corrected chi connectivity index (χ4v) is 2.38. The van der Waals surface area contributed by atoms with Crippen LogP contribution in [-0.2, 0) is 9.59 Å². The van der Waals surface area contributed by atoms with E-state index in [0.717, 1.165) is 24.0 Å². The first-order chi connectivity index (χ1) is 12.3. The van der Waals surface area contributed by atoms with E-state index in [1.165, 1.54) is 5.57 Å². The first-order valence-corrected chi connectivity index (χ1v) is 8.99. The molecular formula is C21H31N3O2. The Morgan fingerprint density at radius 3 is 2.38 bits per heavy atom. The van der Waals surface area contributed by atoms with Crippen LogP contribution in [0, 0.1) is 0 Å². The molecule has 0 aliphatic heterocycles. The van der Waals surface area contributed by atoms with Crippen molar-refractivity contribution in [2.45, 2.75) is 52.6 Å². The summed E-state index contributed by atoms with van der Waals surface area (Å²) in [6.07, 6.45) is 5.55. The van der Waals surface area contributed by atoms with E-state index in [2.05, 4.69) is 30.6 Å². The van der Waals surface area contributed by atoms with Gasteiger partial charge in [-0.2, -0.15) is 0 Å². The Labute approximate surface area is 156 Å². The molecule has 5 nitrogen and oxygen atoms in total. The van der Waals surface area contributed by atoms with Crippen molar-refractivity contribution in [1.29, 1.82) is 0 Å². The monoisotopic (exact) mass is 357 g/mol. The second-order valence-corrected chi connectivity index (χ2v) is 6.82. The number of carbonyl (C=O) groups excluding carboxylic acids is 2. The Morgan fingerprint density at radius 2 is 1.81 bits per heavy atom. The lowest BCUT2D eigenvalue weighted by Crippen LogP contribution is -2.43. The minimum absolute atomic E-state index is 0.157. The van der Waals surface area contributed by atoms with Gasteiger partial charge in [0.1, 0.15) is 0 Å². The van der Waals surface area contributed by atoms with Gasteiger partial charge in [-0.05, 0) is 46.1 Å². The van der Waals surface area contributed by atoms with Crippen LogP contribution in [-0.4, -0.2) is 24.4 Å². The second kappa shape index (κ2) is 11.3. The number of carbonyl (C=O) groups is 2.